The highest BCUT2D eigenvalue weighted by Crippen LogP contribution is 2.37. The summed E-state index contributed by atoms with van der Waals surface area (Å²) >= 11 is 0. The molecule has 3 heteroatoms. The van der Waals surface area contributed by atoms with Crippen molar-refractivity contribution in [2.75, 3.05) is 0 Å². The van der Waals surface area contributed by atoms with Gasteiger partial charge in [-0.05, 0) is 6.08 Å². The van der Waals surface area contributed by atoms with Crippen LogP contribution in [0.2, 0.25) is 0 Å². The zero-order valence-corrected chi connectivity index (χ0v) is 12.2. The van der Waals surface area contributed by atoms with Crippen molar-refractivity contribution in [2.24, 2.45) is 16.3 Å². The van der Waals surface area contributed by atoms with Gasteiger partial charge in [-0.25, -0.2) is 0 Å². The highest BCUT2D eigenvalue weighted by molar-refractivity contribution is 6.38. The maximum atomic E-state index is 12.6. The summed E-state index contributed by atoms with van der Waals surface area (Å²) in [5, 5.41) is 0. The first-order valence-corrected chi connectivity index (χ1v) is 7.40. The number of fused-ring (bicyclic) bond motifs is 2. The van der Waals surface area contributed by atoms with E-state index in [4.69, 9.17) is 4.99 Å². The third kappa shape index (κ3) is 1.72. The van der Waals surface area contributed by atoms with Crippen molar-refractivity contribution in [3.63, 3.8) is 0 Å². The molecule has 0 unspecified atom stereocenters. The highest BCUT2D eigenvalue weighted by atomic mass is 16.2. The molecular formula is C19H15NO2. The van der Waals surface area contributed by atoms with E-state index in [0.717, 1.165) is 0 Å². The Kier molecular flexibility index (Phi) is 2.67. The number of allylic oxidation sites excluding steroid dienone is 3. The maximum Gasteiger partial charge on any atom is 0.180 e. The average molecular weight is 289 g/mol. The van der Waals surface area contributed by atoms with Crippen molar-refractivity contribution in [3.8, 4) is 0 Å². The molecule has 0 fully saturated rings. The molecule has 2 atom stereocenters. The lowest BCUT2D eigenvalue weighted by Crippen LogP contribution is -2.35. The van der Waals surface area contributed by atoms with Crippen LogP contribution in [0.5, 0.6) is 0 Å². The average Bonchev–Trinajstić information content (AvgIpc) is 2.79. The first kappa shape index (κ1) is 13.1. The Hall–Kier alpha value is -2.55. The molecular weight excluding hydrogens is 274 g/mol. The van der Waals surface area contributed by atoms with Gasteiger partial charge in [0.15, 0.2) is 11.6 Å². The van der Waals surface area contributed by atoms with Gasteiger partial charge in [0.1, 0.15) is 5.92 Å². The molecule has 1 heterocycles. The van der Waals surface area contributed by atoms with Crippen molar-refractivity contribution >= 4 is 17.3 Å². The summed E-state index contributed by atoms with van der Waals surface area (Å²) in [7, 11) is 0. The molecule has 0 bridgehead atoms. The van der Waals surface area contributed by atoms with E-state index in [1.807, 2.05) is 30.4 Å². The van der Waals surface area contributed by atoms with E-state index >= 15 is 0 Å². The molecule has 1 aromatic rings. The predicted molar refractivity (Wildman–Crippen MR) is 85.3 cm³/mol. The normalized spacial score (nSPS) is 29.5. The molecule has 0 N–H and O–H groups in total. The number of hydrogen-bond donors (Lipinski definition) is 0. The Morgan fingerprint density at radius 2 is 1.68 bits per heavy atom. The summed E-state index contributed by atoms with van der Waals surface area (Å²) in [6, 6.07) is 6.96. The highest BCUT2D eigenvalue weighted by Gasteiger charge is 2.43. The van der Waals surface area contributed by atoms with Crippen LogP contribution in [-0.2, 0) is 0 Å². The number of carbonyl (C=O) groups excluding carboxylic acids is 2. The molecule has 108 valence electrons. The van der Waals surface area contributed by atoms with E-state index in [2.05, 4.69) is 13.0 Å². The van der Waals surface area contributed by atoms with Crippen molar-refractivity contribution in [2.45, 2.75) is 13.0 Å². The number of benzene rings is 1. The van der Waals surface area contributed by atoms with E-state index in [9.17, 15) is 9.59 Å². The molecule has 22 heavy (non-hydrogen) atoms. The zero-order chi connectivity index (χ0) is 15.3. The van der Waals surface area contributed by atoms with Crippen molar-refractivity contribution in [1.82, 2.24) is 0 Å². The van der Waals surface area contributed by atoms with Gasteiger partial charge in [0, 0.05) is 16.5 Å². The number of dihydropyridines is 1. The molecule has 3 nitrogen and oxygen atoms in total. The van der Waals surface area contributed by atoms with Gasteiger partial charge in [-0.15, -0.1) is 0 Å². The topological polar surface area (TPSA) is 46.5 Å². The fourth-order valence-electron chi connectivity index (χ4n) is 3.33. The summed E-state index contributed by atoms with van der Waals surface area (Å²) in [6.45, 7) is 2.10. The van der Waals surface area contributed by atoms with Crippen molar-refractivity contribution in [3.05, 3.63) is 71.8 Å². The summed E-state index contributed by atoms with van der Waals surface area (Å²) in [4.78, 5) is 29.8. The predicted octanol–water partition coefficient (Wildman–Crippen LogP) is 3.19. The van der Waals surface area contributed by atoms with Gasteiger partial charge in [-0.1, -0.05) is 61.6 Å². The van der Waals surface area contributed by atoms with Crippen molar-refractivity contribution < 1.29 is 9.59 Å². The number of carbonyl (C=O) groups is 2. The number of hydrogen-bond acceptors (Lipinski definition) is 3. The van der Waals surface area contributed by atoms with Crippen LogP contribution in [-0.4, -0.2) is 23.3 Å². The number of aliphatic imine (C=N–C) groups is 1. The molecule has 0 aromatic heterocycles. The van der Waals surface area contributed by atoms with Crippen LogP contribution in [0.3, 0.4) is 0 Å². The fraction of sp³-hybridized carbons (Fsp3) is 0.211. The molecule has 0 radical (unpaired) electrons. The lowest BCUT2D eigenvalue weighted by molar-refractivity contribution is 0.0883. The zero-order valence-electron chi connectivity index (χ0n) is 12.2. The molecule has 0 saturated heterocycles. The van der Waals surface area contributed by atoms with Crippen LogP contribution in [0.4, 0.5) is 0 Å². The molecule has 4 rings (SSSR count). The Balaban J connectivity index is 1.75. The van der Waals surface area contributed by atoms with Crippen LogP contribution in [0.15, 0.2) is 65.7 Å². The van der Waals surface area contributed by atoms with Gasteiger partial charge in [0.2, 0.25) is 0 Å². The maximum absolute atomic E-state index is 12.6. The lowest BCUT2D eigenvalue weighted by atomic mass is 9.76. The molecule has 1 aliphatic heterocycles. The van der Waals surface area contributed by atoms with Crippen LogP contribution < -0.4 is 0 Å². The SMILES string of the molecule is C[C@@]12C=CC=C[C@@H]1N=C(C1C(=O)c3ccccc3C1=O)C=C2. The third-order valence-corrected chi connectivity index (χ3v) is 4.68. The molecule has 1 aromatic carbocycles. The number of ketones is 2. The Morgan fingerprint density at radius 1 is 1.00 bits per heavy atom. The standard InChI is InChI=1S/C19H15NO2/c1-19-10-5-4-8-15(19)20-14(9-11-19)16-17(21)12-6-2-3-7-13(12)18(16)22/h2-11,15-16H,1H3/t15-,19-/m0/s1. The minimum absolute atomic E-state index is 0.0539. The van der Waals surface area contributed by atoms with Gasteiger partial charge < -0.3 is 0 Å². The van der Waals surface area contributed by atoms with E-state index < -0.39 is 5.92 Å². The minimum atomic E-state index is -0.780. The quantitative estimate of drug-likeness (QED) is 0.745. The third-order valence-electron chi connectivity index (χ3n) is 4.68. The monoisotopic (exact) mass is 289 g/mol. The second-order valence-corrected chi connectivity index (χ2v) is 6.15. The Bertz CT molecular complexity index is 777. The van der Waals surface area contributed by atoms with Crippen molar-refractivity contribution in [1.29, 1.82) is 0 Å². The number of nitrogens with zero attached hydrogens (tertiary/aromatic N) is 1. The summed E-state index contributed by atoms with van der Waals surface area (Å²) < 4.78 is 0. The van der Waals surface area contributed by atoms with Crippen LogP contribution in [0, 0.1) is 11.3 Å². The number of Topliss-reactive ketones (excluding diaryl/α,β-unsaturated/α-hetero) is 2. The summed E-state index contributed by atoms with van der Waals surface area (Å²) in [5.74, 6) is -1.05. The second kappa shape index (κ2) is 4.47. The van der Waals surface area contributed by atoms with E-state index in [-0.39, 0.29) is 23.0 Å². The van der Waals surface area contributed by atoms with Crippen LogP contribution in [0.25, 0.3) is 0 Å². The van der Waals surface area contributed by atoms with Crippen LogP contribution >= 0.6 is 0 Å². The molecule has 2 aliphatic carbocycles. The first-order valence-electron chi connectivity index (χ1n) is 7.40. The van der Waals surface area contributed by atoms with Gasteiger partial charge in [0.05, 0.1) is 11.8 Å². The van der Waals surface area contributed by atoms with Crippen LogP contribution in [0.1, 0.15) is 27.6 Å². The molecule has 0 amide bonds. The first-order chi connectivity index (χ1) is 10.6. The largest absolute Gasteiger partial charge is 0.293 e. The lowest BCUT2D eigenvalue weighted by Gasteiger charge is -2.33. The molecule has 3 aliphatic rings. The van der Waals surface area contributed by atoms with Gasteiger partial charge in [-0.3, -0.25) is 14.6 Å². The van der Waals surface area contributed by atoms with Gasteiger partial charge in [-0.2, -0.15) is 0 Å². The number of rotatable bonds is 1. The van der Waals surface area contributed by atoms with E-state index in [1.165, 1.54) is 0 Å². The Morgan fingerprint density at radius 3 is 2.36 bits per heavy atom. The second-order valence-electron chi connectivity index (χ2n) is 6.15. The van der Waals surface area contributed by atoms with E-state index in [0.29, 0.717) is 16.8 Å². The smallest absolute Gasteiger partial charge is 0.180 e. The summed E-state index contributed by atoms with van der Waals surface area (Å²) in [5.41, 5.74) is 1.44. The van der Waals surface area contributed by atoms with Gasteiger partial charge >= 0.3 is 0 Å². The fourth-order valence-corrected chi connectivity index (χ4v) is 3.33. The molecule has 0 saturated carbocycles. The minimum Gasteiger partial charge on any atom is -0.293 e. The summed E-state index contributed by atoms with van der Waals surface area (Å²) in [6.07, 6.45) is 12.0. The molecule has 0 spiro atoms. The Labute approximate surface area is 128 Å². The van der Waals surface area contributed by atoms with E-state index in [1.54, 1.807) is 24.3 Å². The van der Waals surface area contributed by atoms with Gasteiger partial charge in [0.25, 0.3) is 0 Å².